The smallest absolute Gasteiger partial charge is 0.266 e. The first-order valence-electron chi connectivity index (χ1n) is 3.78. The second kappa shape index (κ2) is 3.87. The third-order valence-corrected chi connectivity index (χ3v) is 1.51. The maximum absolute atomic E-state index is 10.6. The molecule has 0 saturated carbocycles. The van der Waals surface area contributed by atoms with Crippen LogP contribution in [0.4, 0.5) is 0 Å². The van der Waals surface area contributed by atoms with Gasteiger partial charge in [0.05, 0.1) is 6.20 Å². The van der Waals surface area contributed by atoms with Gasteiger partial charge in [-0.3, -0.25) is 4.79 Å². The molecule has 0 spiro atoms. The predicted octanol–water partition coefficient (Wildman–Crippen LogP) is -0.600. The van der Waals surface area contributed by atoms with Crippen LogP contribution in [-0.2, 0) is 6.42 Å². The summed E-state index contributed by atoms with van der Waals surface area (Å²) >= 11 is 0. The third-order valence-electron chi connectivity index (χ3n) is 1.51. The van der Waals surface area contributed by atoms with E-state index >= 15 is 0 Å². The van der Waals surface area contributed by atoms with Crippen molar-refractivity contribution in [2.45, 2.75) is 12.8 Å². The van der Waals surface area contributed by atoms with Crippen molar-refractivity contribution in [2.75, 3.05) is 6.54 Å². The van der Waals surface area contributed by atoms with E-state index < -0.39 is 5.91 Å². The number of hydrogen-bond donors (Lipinski definition) is 3. The van der Waals surface area contributed by atoms with Gasteiger partial charge < -0.3 is 16.5 Å². The number of aromatic amines is 1. The number of rotatable bonds is 4. The molecular formula is C7H12N4O. The van der Waals surface area contributed by atoms with E-state index in [1.807, 2.05) is 0 Å². The van der Waals surface area contributed by atoms with Crippen LogP contribution in [-0.4, -0.2) is 22.4 Å². The maximum atomic E-state index is 10.6. The molecule has 0 unspecified atom stereocenters. The molecule has 0 radical (unpaired) electrons. The summed E-state index contributed by atoms with van der Waals surface area (Å²) in [6.45, 7) is 0.618. The minimum Gasteiger partial charge on any atom is -0.364 e. The van der Waals surface area contributed by atoms with E-state index in [1.165, 1.54) is 6.20 Å². The molecule has 1 amide bonds. The van der Waals surface area contributed by atoms with Crippen molar-refractivity contribution >= 4 is 5.91 Å². The Balaban J connectivity index is 2.58. The lowest BCUT2D eigenvalue weighted by atomic mass is 10.3. The van der Waals surface area contributed by atoms with E-state index in [1.54, 1.807) is 0 Å². The zero-order chi connectivity index (χ0) is 8.97. The van der Waals surface area contributed by atoms with Crippen molar-refractivity contribution in [1.82, 2.24) is 9.97 Å². The van der Waals surface area contributed by atoms with E-state index in [0.717, 1.165) is 18.7 Å². The summed E-state index contributed by atoms with van der Waals surface area (Å²) in [6, 6.07) is 0. The maximum Gasteiger partial charge on any atom is 0.266 e. The van der Waals surface area contributed by atoms with Gasteiger partial charge in [0.2, 0.25) is 0 Å². The first-order valence-corrected chi connectivity index (χ1v) is 3.78. The zero-order valence-electron chi connectivity index (χ0n) is 6.71. The number of nitrogens with two attached hydrogens (primary N) is 2. The first-order chi connectivity index (χ1) is 5.74. The highest BCUT2D eigenvalue weighted by Crippen LogP contribution is 1.98. The molecule has 0 fully saturated rings. The largest absolute Gasteiger partial charge is 0.364 e. The zero-order valence-corrected chi connectivity index (χ0v) is 6.71. The number of aromatic nitrogens is 2. The molecule has 1 heterocycles. The molecule has 0 saturated heterocycles. The van der Waals surface area contributed by atoms with E-state index in [-0.39, 0.29) is 0 Å². The van der Waals surface area contributed by atoms with E-state index in [2.05, 4.69) is 9.97 Å². The fraction of sp³-hybridized carbons (Fsp3) is 0.429. The van der Waals surface area contributed by atoms with Crippen LogP contribution < -0.4 is 11.5 Å². The lowest BCUT2D eigenvalue weighted by Gasteiger charge is -1.92. The number of hydrogen-bond acceptors (Lipinski definition) is 3. The molecular weight excluding hydrogens is 156 g/mol. The van der Waals surface area contributed by atoms with Gasteiger partial charge in [-0.15, -0.1) is 0 Å². The number of imidazole rings is 1. The van der Waals surface area contributed by atoms with Crippen molar-refractivity contribution in [3.05, 3.63) is 17.7 Å². The lowest BCUT2D eigenvalue weighted by molar-refractivity contribution is 0.0996. The van der Waals surface area contributed by atoms with E-state index in [4.69, 9.17) is 11.5 Å². The van der Waals surface area contributed by atoms with Crippen LogP contribution in [0.15, 0.2) is 6.20 Å². The van der Waals surface area contributed by atoms with Gasteiger partial charge in [0.15, 0.2) is 0 Å². The Morgan fingerprint density at radius 3 is 2.92 bits per heavy atom. The molecule has 1 rings (SSSR count). The van der Waals surface area contributed by atoms with Crippen molar-refractivity contribution < 1.29 is 4.79 Å². The molecule has 0 aliphatic rings. The van der Waals surface area contributed by atoms with Crippen molar-refractivity contribution in [2.24, 2.45) is 11.5 Å². The Morgan fingerprint density at radius 1 is 1.67 bits per heavy atom. The molecule has 1 aromatic rings. The molecule has 0 aliphatic heterocycles. The fourth-order valence-electron chi connectivity index (χ4n) is 0.884. The standard InChI is InChI=1S/C7H12N4O/c8-3-1-2-6-10-4-5(11-6)7(9)12/h4H,1-3,8H2,(H2,9,12)(H,10,11). The Kier molecular flexibility index (Phi) is 2.82. The molecule has 5 N–H and O–H groups in total. The summed E-state index contributed by atoms with van der Waals surface area (Å²) < 4.78 is 0. The second-order valence-corrected chi connectivity index (χ2v) is 2.50. The Labute approximate surface area is 70.2 Å². The van der Waals surface area contributed by atoms with Gasteiger partial charge in [-0.05, 0) is 13.0 Å². The van der Waals surface area contributed by atoms with Gasteiger partial charge in [0.1, 0.15) is 11.5 Å². The number of H-pyrrole nitrogens is 1. The molecule has 0 aliphatic carbocycles. The van der Waals surface area contributed by atoms with Gasteiger partial charge in [0, 0.05) is 6.42 Å². The van der Waals surface area contributed by atoms with Gasteiger partial charge >= 0.3 is 0 Å². The molecule has 66 valence electrons. The molecule has 12 heavy (non-hydrogen) atoms. The van der Waals surface area contributed by atoms with E-state index in [0.29, 0.717) is 12.2 Å². The highest BCUT2D eigenvalue weighted by molar-refractivity contribution is 5.90. The fourth-order valence-corrected chi connectivity index (χ4v) is 0.884. The normalized spacial score (nSPS) is 10.1. The van der Waals surface area contributed by atoms with Crippen molar-refractivity contribution in [3.63, 3.8) is 0 Å². The Bertz CT molecular complexity index is 268. The van der Waals surface area contributed by atoms with Gasteiger partial charge in [0.25, 0.3) is 5.91 Å². The molecule has 5 heteroatoms. The topological polar surface area (TPSA) is 97.8 Å². The first kappa shape index (κ1) is 8.73. The summed E-state index contributed by atoms with van der Waals surface area (Å²) in [5.74, 6) is 0.274. The summed E-state index contributed by atoms with van der Waals surface area (Å²) in [6.07, 6.45) is 3.05. The van der Waals surface area contributed by atoms with E-state index in [9.17, 15) is 4.79 Å². The number of nitrogens with zero attached hydrogens (tertiary/aromatic N) is 1. The van der Waals surface area contributed by atoms with Crippen LogP contribution in [0.1, 0.15) is 22.7 Å². The van der Waals surface area contributed by atoms with Gasteiger partial charge in [-0.2, -0.15) is 0 Å². The Morgan fingerprint density at radius 2 is 2.42 bits per heavy atom. The quantitative estimate of drug-likeness (QED) is 0.559. The Hall–Kier alpha value is -1.36. The van der Waals surface area contributed by atoms with Gasteiger partial charge in [-0.1, -0.05) is 0 Å². The number of carbonyl (C=O) groups excluding carboxylic acids is 1. The number of aryl methyl sites for hydroxylation is 1. The molecule has 0 aromatic carbocycles. The average molecular weight is 168 g/mol. The van der Waals surface area contributed by atoms with Gasteiger partial charge in [-0.25, -0.2) is 4.98 Å². The minimum absolute atomic E-state index is 0.349. The van der Waals surface area contributed by atoms with Crippen LogP contribution >= 0.6 is 0 Å². The molecule has 0 atom stereocenters. The second-order valence-electron chi connectivity index (χ2n) is 2.50. The van der Waals surface area contributed by atoms with Crippen LogP contribution in [0.25, 0.3) is 0 Å². The SMILES string of the molecule is NCCCc1ncc(C(N)=O)[nH]1. The average Bonchev–Trinajstić information content (AvgIpc) is 2.48. The number of nitrogens with one attached hydrogen (secondary N) is 1. The monoisotopic (exact) mass is 168 g/mol. The lowest BCUT2D eigenvalue weighted by Crippen LogP contribution is -2.11. The highest BCUT2D eigenvalue weighted by Gasteiger charge is 2.03. The molecule has 0 bridgehead atoms. The number of amides is 1. The highest BCUT2D eigenvalue weighted by atomic mass is 16.1. The summed E-state index contributed by atoms with van der Waals surface area (Å²) in [5.41, 5.74) is 10.7. The third kappa shape index (κ3) is 2.06. The van der Waals surface area contributed by atoms with Crippen molar-refractivity contribution in [1.29, 1.82) is 0 Å². The van der Waals surface area contributed by atoms with Crippen molar-refractivity contribution in [3.8, 4) is 0 Å². The summed E-state index contributed by atoms with van der Waals surface area (Å²) in [5, 5.41) is 0. The van der Waals surface area contributed by atoms with Crippen LogP contribution in [0, 0.1) is 0 Å². The predicted molar refractivity (Wildman–Crippen MR) is 44.5 cm³/mol. The van der Waals surface area contributed by atoms with Crippen LogP contribution in [0.2, 0.25) is 0 Å². The van der Waals surface area contributed by atoms with Crippen LogP contribution in [0.5, 0.6) is 0 Å². The summed E-state index contributed by atoms with van der Waals surface area (Å²) in [4.78, 5) is 17.4. The van der Waals surface area contributed by atoms with Crippen LogP contribution in [0.3, 0.4) is 0 Å². The molecule has 1 aromatic heterocycles. The summed E-state index contributed by atoms with van der Waals surface area (Å²) in [7, 11) is 0. The number of primary amides is 1. The molecule has 5 nitrogen and oxygen atoms in total. The minimum atomic E-state index is -0.485. The number of carbonyl (C=O) groups is 1.